The van der Waals surface area contributed by atoms with E-state index in [9.17, 15) is 8.42 Å². The largest absolute Gasteiger partial charge is 0.215 e. The van der Waals surface area contributed by atoms with Gasteiger partial charge in [-0.05, 0) is 17.7 Å². The molecule has 1 aliphatic rings. The van der Waals surface area contributed by atoms with E-state index >= 15 is 0 Å². The Balaban J connectivity index is 2.16. The molecule has 1 aromatic carbocycles. The zero-order valence-electron chi connectivity index (χ0n) is 9.30. The van der Waals surface area contributed by atoms with Crippen LogP contribution in [0.15, 0.2) is 24.3 Å². The van der Waals surface area contributed by atoms with Crippen molar-refractivity contribution in [2.45, 2.75) is 6.54 Å². The minimum atomic E-state index is -3.10. The molecular formula is C11H14ClNO2S2. The van der Waals surface area contributed by atoms with Crippen LogP contribution in [0.25, 0.3) is 0 Å². The van der Waals surface area contributed by atoms with Crippen LogP contribution in [0.4, 0.5) is 0 Å². The summed E-state index contributed by atoms with van der Waals surface area (Å²) in [5.41, 5.74) is 0.938. The highest BCUT2D eigenvalue weighted by Crippen LogP contribution is 2.18. The van der Waals surface area contributed by atoms with Crippen LogP contribution in [0.1, 0.15) is 5.56 Å². The van der Waals surface area contributed by atoms with Gasteiger partial charge in [-0.15, -0.1) is 0 Å². The van der Waals surface area contributed by atoms with E-state index in [1.165, 1.54) is 0 Å². The Morgan fingerprint density at radius 2 is 2.18 bits per heavy atom. The van der Waals surface area contributed by atoms with Crippen molar-refractivity contribution >= 4 is 33.4 Å². The van der Waals surface area contributed by atoms with Crippen molar-refractivity contribution in [3.8, 4) is 0 Å². The molecule has 1 aliphatic heterocycles. The monoisotopic (exact) mass is 291 g/mol. The van der Waals surface area contributed by atoms with Crippen molar-refractivity contribution in [1.29, 1.82) is 0 Å². The normalized spacial score (nSPS) is 21.0. The SMILES string of the molecule is O=S1(=O)CCSCCN1Cc1cccc(Cl)c1. The molecule has 1 fully saturated rings. The van der Waals surface area contributed by atoms with Crippen LogP contribution in [-0.2, 0) is 16.6 Å². The number of halogens is 1. The Bertz CT molecular complexity index is 490. The van der Waals surface area contributed by atoms with Gasteiger partial charge in [-0.3, -0.25) is 0 Å². The smallest absolute Gasteiger partial charge is 0.212 e. The van der Waals surface area contributed by atoms with Crippen LogP contribution >= 0.6 is 23.4 Å². The van der Waals surface area contributed by atoms with E-state index in [0.717, 1.165) is 11.3 Å². The molecule has 94 valence electrons. The van der Waals surface area contributed by atoms with E-state index < -0.39 is 10.0 Å². The van der Waals surface area contributed by atoms with Gasteiger partial charge in [0.25, 0.3) is 0 Å². The lowest BCUT2D eigenvalue weighted by Crippen LogP contribution is -2.32. The third-order valence-electron chi connectivity index (χ3n) is 2.61. The molecule has 0 bridgehead atoms. The molecule has 0 unspecified atom stereocenters. The lowest BCUT2D eigenvalue weighted by Gasteiger charge is -2.19. The maximum atomic E-state index is 12.0. The Morgan fingerprint density at radius 3 is 2.94 bits per heavy atom. The fourth-order valence-electron chi connectivity index (χ4n) is 1.72. The molecule has 3 nitrogen and oxygen atoms in total. The average molecular weight is 292 g/mol. The lowest BCUT2D eigenvalue weighted by atomic mass is 10.2. The van der Waals surface area contributed by atoms with Gasteiger partial charge in [0.1, 0.15) is 0 Å². The Kier molecular flexibility index (Phi) is 4.36. The zero-order valence-corrected chi connectivity index (χ0v) is 11.7. The van der Waals surface area contributed by atoms with Gasteiger partial charge < -0.3 is 0 Å². The topological polar surface area (TPSA) is 37.4 Å². The first-order valence-corrected chi connectivity index (χ1v) is 8.52. The first kappa shape index (κ1) is 13.2. The second kappa shape index (κ2) is 5.61. The average Bonchev–Trinajstić information content (AvgIpc) is 2.41. The Labute approximate surface area is 111 Å². The number of nitrogens with zero attached hydrogens (tertiary/aromatic N) is 1. The van der Waals surface area contributed by atoms with E-state index in [0.29, 0.717) is 23.9 Å². The second-order valence-electron chi connectivity index (χ2n) is 3.89. The molecule has 0 radical (unpaired) electrons. The van der Waals surface area contributed by atoms with Gasteiger partial charge in [-0.2, -0.15) is 16.1 Å². The van der Waals surface area contributed by atoms with Gasteiger partial charge in [0.2, 0.25) is 10.0 Å². The van der Waals surface area contributed by atoms with Crippen molar-refractivity contribution in [2.75, 3.05) is 23.8 Å². The van der Waals surface area contributed by atoms with Gasteiger partial charge in [0.15, 0.2) is 0 Å². The number of hydrogen-bond donors (Lipinski definition) is 0. The minimum Gasteiger partial charge on any atom is -0.212 e. The third kappa shape index (κ3) is 3.61. The fraction of sp³-hybridized carbons (Fsp3) is 0.455. The predicted molar refractivity (Wildman–Crippen MR) is 73.0 cm³/mol. The summed E-state index contributed by atoms with van der Waals surface area (Å²) >= 11 is 7.58. The van der Waals surface area contributed by atoms with Gasteiger partial charge in [0.05, 0.1) is 5.75 Å². The van der Waals surface area contributed by atoms with E-state index in [1.54, 1.807) is 22.1 Å². The highest BCUT2D eigenvalue weighted by molar-refractivity contribution is 8.00. The van der Waals surface area contributed by atoms with E-state index in [2.05, 4.69) is 0 Å². The first-order valence-electron chi connectivity index (χ1n) is 5.38. The van der Waals surface area contributed by atoms with Crippen molar-refractivity contribution in [2.24, 2.45) is 0 Å². The predicted octanol–water partition coefficient (Wildman–Crippen LogP) is 2.22. The lowest BCUT2D eigenvalue weighted by molar-refractivity contribution is 0.429. The summed E-state index contributed by atoms with van der Waals surface area (Å²) in [6, 6.07) is 7.35. The summed E-state index contributed by atoms with van der Waals surface area (Å²) in [5.74, 6) is 1.78. The van der Waals surface area contributed by atoms with Crippen LogP contribution in [-0.4, -0.2) is 36.5 Å². The van der Waals surface area contributed by atoms with Crippen molar-refractivity contribution < 1.29 is 8.42 Å². The summed E-state index contributed by atoms with van der Waals surface area (Å²) in [6.45, 7) is 1.00. The van der Waals surface area contributed by atoms with Gasteiger partial charge in [-0.1, -0.05) is 23.7 Å². The molecule has 0 saturated carbocycles. The summed E-state index contributed by atoms with van der Waals surface area (Å²) < 4.78 is 25.5. The Morgan fingerprint density at radius 1 is 1.35 bits per heavy atom. The molecule has 0 atom stereocenters. The summed E-state index contributed by atoms with van der Waals surface area (Å²) in [7, 11) is -3.10. The summed E-state index contributed by atoms with van der Waals surface area (Å²) in [5, 5.41) is 0.643. The molecule has 1 saturated heterocycles. The molecule has 2 rings (SSSR count). The van der Waals surface area contributed by atoms with Crippen molar-refractivity contribution in [3.05, 3.63) is 34.9 Å². The van der Waals surface area contributed by atoms with Crippen molar-refractivity contribution in [3.63, 3.8) is 0 Å². The second-order valence-corrected chi connectivity index (χ2v) is 7.64. The first-order chi connectivity index (χ1) is 8.08. The van der Waals surface area contributed by atoms with Crippen molar-refractivity contribution in [1.82, 2.24) is 4.31 Å². The maximum absolute atomic E-state index is 12.0. The van der Waals surface area contributed by atoms with Gasteiger partial charge in [-0.25, -0.2) is 8.42 Å². The zero-order chi connectivity index (χ0) is 12.3. The van der Waals surface area contributed by atoms with Crippen LogP contribution in [0.2, 0.25) is 5.02 Å². The van der Waals surface area contributed by atoms with Gasteiger partial charge in [0, 0.05) is 29.6 Å². The van der Waals surface area contributed by atoms with Crippen LogP contribution in [0.5, 0.6) is 0 Å². The highest BCUT2D eigenvalue weighted by atomic mass is 35.5. The molecule has 1 heterocycles. The molecule has 0 aliphatic carbocycles. The van der Waals surface area contributed by atoms with E-state index in [-0.39, 0.29) is 5.75 Å². The maximum Gasteiger partial charge on any atom is 0.215 e. The number of rotatable bonds is 2. The van der Waals surface area contributed by atoms with Crippen LogP contribution in [0, 0.1) is 0 Å². The van der Waals surface area contributed by atoms with E-state index in [1.807, 2.05) is 18.2 Å². The van der Waals surface area contributed by atoms with Crippen LogP contribution < -0.4 is 0 Å². The molecular weight excluding hydrogens is 278 g/mol. The minimum absolute atomic E-state index is 0.234. The number of thioether (sulfide) groups is 1. The fourth-order valence-corrected chi connectivity index (χ4v) is 4.89. The number of hydrogen-bond acceptors (Lipinski definition) is 3. The molecule has 6 heteroatoms. The molecule has 0 N–H and O–H groups in total. The quantitative estimate of drug-likeness (QED) is 0.838. The summed E-state index contributed by atoms with van der Waals surface area (Å²) in [4.78, 5) is 0. The molecule has 0 spiro atoms. The number of benzene rings is 1. The summed E-state index contributed by atoms with van der Waals surface area (Å²) in [6.07, 6.45) is 0. The molecule has 17 heavy (non-hydrogen) atoms. The Hall–Kier alpha value is -0.230. The highest BCUT2D eigenvalue weighted by Gasteiger charge is 2.24. The standard InChI is InChI=1S/C11H14ClNO2S2/c12-11-3-1-2-10(8-11)9-13-4-5-16-6-7-17(13,14)15/h1-3,8H,4-7,9H2. The number of sulfonamides is 1. The van der Waals surface area contributed by atoms with Crippen LogP contribution in [0.3, 0.4) is 0 Å². The molecule has 1 aromatic rings. The molecule has 0 aromatic heterocycles. The van der Waals surface area contributed by atoms with Gasteiger partial charge >= 0.3 is 0 Å². The third-order valence-corrected chi connectivity index (χ3v) is 5.89. The van der Waals surface area contributed by atoms with E-state index in [4.69, 9.17) is 11.6 Å². The molecule has 0 amide bonds.